The van der Waals surface area contributed by atoms with Crippen molar-refractivity contribution in [3.8, 4) is 0 Å². The maximum Gasteiger partial charge on any atom is 0.127 e. The van der Waals surface area contributed by atoms with Crippen molar-refractivity contribution in [1.29, 1.82) is 0 Å². The summed E-state index contributed by atoms with van der Waals surface area (Å²) < 4.78 is 0. The highest BCUT2D eigenvalue weighted by atomic mass is 35.5. The van der Waals surface area contributed by atoms with Crippen LogP contribution in [0.2, 0.25) is 5.02 Å². The van der Waals surface area contributed by atoms with Crippen LogP contribution in [0.5, 0.6) is 0 Å². The molecule has 2 nitrogen and oxygen atoms in total. The highest BCUT2D eigenvalue weighted by Gasteiger charge is 2.16. The first kappa shape index (κ1) is 12.4. The summed E-state index contributed by atoms with van der Waals surface area (Å²) in [6.07, 6.45) is 5.09. The second-order valence-corrected chi connectivity index (χ2v) is 5.08. The zero-order valence-electron chi connectivity index (χ0n) is 10.4. The molecular formula is C14H18ClNO. The summed E-state index contributed by atoms with van der Waals surface area (Å²) in [7, 11) is 0. The molecule has 0 radical (unpaired) electrons. The molecule has 0 amide bonds. The fraction of sp³-hybridized carbons (Fsp3) is 0.500. The largest absolute Gasteiger partial charge is 0.392 e. The molecule has 1 aromatic rings. The minimum atomic E-state index is 0.310. The summed E-state index contributed by atoms with van der Waals surface area (Å²) in [5.74, 6) is 0. The number of rotatable bonds is 3. The van der Waals surface area contributed by atoms with Crippen molar-refractivity contribution in [3.05, 3.63) is 34.3 Å². The summed E-state index contributed by atoms with van der Waals surface area (Å²) in [5.41, 5.74) is 3.14. The van der Waals surface area contributed by atoms with Gasteiger partial charge in [-0.25, -0.2) is 0 Å². The standard InChI is InChI=1S/C14H18ClNO/c1-10-7-8-12(15)9-14(10)11(2)16-17-13-5-3-4-6-13/h7-9,13H,3-6H2,1-2H3/b16-11+. The molecule has 17 heavy (non-hydrogen) atoms. The van der Waals surface area contributed by atoms with Gasteiger partial charge in [0.15, 0.2) is 0 Å². The summed E-state index contributed by atoms with van der Waals surface area (Å²) in [6.45, 7) is 4.02. The van der Waals surface area contributed by atoms with Crippen LogP contribution >= 0.6 is 11.6 Å². The van der Waals surface area contributed by atoms with Crippen LogP contribution in [-0.4, -0.2) is 11.8 Å². The minimum absolute atomic E-state index is 0.310. The van der Waals surface area contributed by atoms with E-state index >= 15 is 0 Å². The van der Waals surface area contributed by atoms with Gasteiger partial charge in [0, 0.05) is 10.6 Å². The summed E-state index contributed by atoms with van der Waals surface area (Å²) >= 11 is 5.99. The molecule has 0 aliphatic heterocycles. The lowest BCUT2D eigenvalue weighted by atomic mass is 10.1. The van der Waals surface area contributed by atoms with E-state index in [4.69, 9.17) is 16.4 Å². The number of oxime groups is 1. The fourth-order valence-electron chi connectivity index (χ4n) is 2.18. The predicted molar refractivity (Wildman–Crippen MR) is 71.7 cm³/mol. The van der Waals surface area contributed by atoms with Crippen LogP contribution in [-0.2, 0) is 4.84 Å². The highest BCUT2D eigenvalue weighted by molar-refractivity contribution is 6.31. The molecule has 2 rings (SSSR count). The number of benzene rings is 1. The number of nitrogens with zero attached hydrogens (tertiary/aromatic N) is 1. The third-order valence-corrected chi connectivity index (χ3v) is 3.47. The van der Waals surface area contributed by atoms with Gasteiger partial charge >= 0.3 is 0 Å². The first-order chi connectivity index (χ1) is 8.16. The van der Waals surface area contributed by atoms with Crippen LogP contribution < -0.4 is 0 Å². The fourth-order valence-corrected chi connectivity index (χ4v) is 2.35. The molecule has 1 aromatic carbocycles. The van der Waals surface area contributed by atoms with E-state index in [0.29, 0.717) is 6.10 Å². The van der Waals surface area contributed by atoms with Crippen molar-refractivity contribution < 1.29 is 4.84 Å². The van der Waals surface area contributed by atoms with Crippen LogP contribution in [0.15, 0.2) is 23.4 Å². The van der Waals surface area contributed by atoms with Gasteiger partial charge in [-0.15, -0.1) is 0 Å². The molecule has 92 valence electrons. The lowest BCUT2D eigenvalue weighted by Gasteiger charge is -2.09. The van der Waals surface area contributed by atoms with Gasteiger partial charge in [0.2, 0.25) is 0 Å². The van der Waals surface area contributed by atoms with Crippen molar-refractivity contribution in [3.63, 3.8) is 0 Å². The third-order valence-electron chi connectivity index (χ3n) is 3.23. The summed E-state index contributed by atoms with van der Waals surface area (Å²) in [4.78, 5) is 5.56. The van der Waals surface area contributed by atoms with Gasteiger partial charge < -0.3 is 4.84 Å². The van der Waals surface area contributed by atoms with Crippen molar-refractivity contribution in [2.45, 2.75) is 45.6 Å². The van der Waals surface area contributed by atoms with Crippen molar-refractivity contribution >= 4 is 17.3 Å². The van der Waals surface area contributed by atoms with Gasteiger partial charge in [-0.2, -0.15) is 0 Å². The zero-order chi connectivity index (χ0) is 12.3. The van der Waals surface area contributed by atoms with Crippen LogP contribution in [0, 0.1) is 6.92 Å². The second kappa shape index (κ2) is 5.54. The molecule has 1 saturated carbocycles. The van der Waals surface area contributed by atoms with E-state index in [1.807, 2.05) is 25.1 Å². The third kappa shape index (κ3) is 3.22. The molecule has 1 aliphatic rings. The SMILES string of the molecule is C/C(=N\OC1CCCC1)c1cc(Cl)ccc1C. The van der Waals surface area contributed by atoms with Gasteiger partial charge in [0.25, 0.3) is 0 Å². The van der Waals surface area contributed by atoms with Gasteiger partial charge in [0.1, 0.15) is 6.10 Å². The van der Waals surface area contributed by atoms with Crippen molar-refractivity contribution in [1.82, 2.24) is 0 Å². The van der Waals surface area contributed by atoms with Crippen molar-refractivity contribution in [2.24, 2.45) is 5.16 Å². The van der Waals surface area contributed by atoms with E-state index in [9.17, 15) is 0 Å². The summed E-state index contributed by atoms with van der Waals surface area (Å²) in [5, 5.41) is 4.97. The second-order valence-electron chi connectivity index (χ2n) is 4.65. The average molecular weight is 252 g/mol. The van der Waals surface area contributed by atoms with E-state index in [1.54, 1.807) is 0 Å². The zero-order valence-corrected chi connectivity index (χ0v) is 11.1. The molecule has 0 N–H and O–H groups in total. The van der Waals surface area contributed by atoms with Gasteiger partial charge in [-0.05, 0) is 57.2 Å². The van der Waals surface area contributed by atoms with Crippen LogP contribution in [0.25, 0.3) is 0 Å². The lowest BCUT2D eigenvalue weighted by molar-refractivity contribution is 0.0645. The summed E-state index contributed by atoms with van der Waals surface area (Å²) in [6, 6.07) is 5.84. The Morgan fingerprint density at radius 1 is 1.35 bits per heavy atom. The molecule has 0 unspecified atom stereocenters. The molecule has 0 heterocycles. The quantitative estimate of drug-likeness (QED) is 0.579. The predicted octanol–water partition coefficient (Wildman–Crippen LogP) is 4.33. The molecule has 0 atom stereocenters. The molecule has 0 saturated heterocycles. The Morgan fingerprint density at radius 2 is 2.06 bits per heavy atom. The molecule has 1 fully saturated rings. The first-order valence-corrected chi connectivity index (χ1v) is 6.51. The minimum Gasteiger partial charge on any atom is -0.392 e. The Labute approximate surface area is 108 Å². The molecule has 0 spiro atoms. The number of aryl methyl sites for hydroxylation is 1. The van der Waals surface area contributed by atoms with E-state index < -0.39 is 0 Å². The molecule has 1 aliphatic carbocycles. The van der Waals surface area contributed by atoms with E-state index in [2.05, 4.69) is 12.1 Å². The maximum absolute atomic E-state index is 5.99. The topological polar surface area (TPSA) is 21.6 Å². The molecular weight excluding hydrogens is 234 g/mol. The highest BCUT2D eigenvalue weighted by Crippen LogP contribution is 2.22. The lowest BCUT2D eigenvalue weighted by Crippen LogP contribution is -2.06. The Kier molecular flexibility index (Phi) is 4.06. The monoisotopic (exact) mass is 251 g/mol. The van der Waals surface area contributed by atoms with E-state index in [1.165, 1.54) is 18.4 Å². The van der Waals surface area contributed by atoms with Gasteiger partial charge in [-0.1, -0.05) is 22.8 Å². The van der Waals surface area contributed by atoms with E-state index in [0.717, 1.165) is 29.1 Å². The normalized spacial score (nSPS) is 17.5. The molecule has 0 bridgehead atoms. The Hall–Kier alpha value is -1.02. The number of hydrogen-bond donors (Lipinski definition) is 0. The van der Waals surface area contributed by atoms with Crippen LogP contribution in [0.1, 0.15) is 43.7 Å². The number of hydrogen-bond acceptors (Lipinski definition) is 2. The Bertz CT molecular complexity index is 422. The first-order valence-electron chi connectivity index (χ1n) is 6.14. The van der Waals surface area contributed by atoms with Gasteiger partial charge in [-0.3, -0.25) is 0 Å². The van der Waals surface area contributed by atoms with Gasteiger partial charge in [0.05, 0.1) is 5.71 Å². The average Bonchev–Trinajstić information content (AvgIpc) is 2.82. The van der Waals surface area contributed by atoms with E-state index in [-0.39, 0.29) is 0 Å². The van der Waals surface area contributed by atoms with Crippen LogP contribution in [0.4, 0.5) is 0 Å². The maximum atomic E-state index is 5.99. The van der Waals surface area contributed by atoms with Crippen molar-refractivity contribution in [2.75, 3.05) is 0 Å². The Balaban J connectivity index is 2.09. The molecule has 3 heteroatoms. The van der Waals surface area contributed by atoms with Crippen LogP contribution in [0.3, 0.4) is 0 Å². The number of halogens is 1. The smallest absolute Gasteiger partial charge is 0.127 e. The Morgan fingerprint density at radius 3 is 2.76 bits per heavy atom. The molecule has 0 aromatic heterocycles.